The van der Waals surface area contributed by atoms with Crippen LogP contribution in [0.3, 0.4) is 0 Å². The summed E-state index contributed by atoms with van der Waals surface area (Å²) in [5, 5.41) is 0. The Balaban J connectivity index is 2.81. The van der Waals surface area contributed by atoms with Gasteiger partial charge >= 0.3 is 0 Å². The van der Waals surface area contributed by atoms with E-state index in [1.807, 2.05) is 24.3 Å². The summed E-state index contributed by atoms with van der Waals surface area (Å²) in [6.07, 6.45) is 0. The summed E-state index contributed by atoms with van der Waals surface area (Å²) >= 11 is 0. The van der Waals surface area contributed by atoms with Gasteiger partial charge in [0.2, 0.25) is 0 Å². The summed E-state index contributed by atoms with van der Waals surface area (Å²) in [6, 6.07) is 7.45. The smallest absolute Gasteiger partial charge is 0.0949 e. The SMILES string of the molecule is NOCc1ccccc1N. The molecule has 1 rings (SSSR count). The largest absolute Gasteiger partial charge is 0.398 e. The lowest BCUT2D eigenvalue weighted by Gasteiger charge is -2.01. The molecule has 54 valence electrons. The molecular formula is C7H10N2O. The van der Waals surface area contributed by atoms with Crippen molar-refractivity contribution in [2.75, 3.05) is 5.73 Å². The van der Waals surface area contributed by atoms with Crippen LogP contribution in [-0.2, 0) is 11.4 Å². The van der Waals surface area contributed by atoms with E-state index in [2.05, 4.69) is 4.84 Å². The molecule has 0 atom stereocenters. The van der Waals surface area contributed by atoms with Gasteiger partial charge in [0.25, 0.3) is 0 Å². The molecule has 1 aromatic carbocycles. The molecule has 0 spiro atoms. The maximum Gasteiger partial charge on any atom is 0.0949 e. The van der Waals surface area contributed by atoms with Crippen molar-refractivity contribution in [2.45, 2.75) is 6.61 Å². The minimum atomic E-state index is 0.368. The fourth-order valence-corrected chi connectivity index (χ4v) is 0.755. The lowest BCUT2D eigenvalue weighted by atomic mass is 10.2. The second-order valence-electron chi connectivity index (χ2n) is 2.01. The van der Waals surface area contributed by atoms with Crippen molar-refractivity contribution in [1.82, 2.24) is 0 Å². The Morgan fingerprint density at radius 3 is 2.60 bits per heavy atom. The quantitative estimate of drug-likeness (QED) is 0.466. The zero-order chi connectivity index (χ0) is 7.40. The average Bonchev–Trinajstić information content (AvgIpc) is 1.94. The molecule has 0 bridgehead atoms. The molecule has 0 saturated carbocycles. The van der Waals surface area contributed by atoms with Crippen molar-refractivity contribution in [1.29, 1.82) is 0 Å². The van der Waals surface area contributed by atoms with E-state index in [1.54, 1.807) is 0 Å². The number of hydrogen-bond donors (Lipinski definition) is 2. The number of rotatable bonds is 2. The fourth-order valence-electron chi connectivity index (χ4n) is 0.755. The molecule has 3 heteroatoms. The molecule has 4 N–H and O–H groups in total. The van der Waals surface area contributed by atoms with Gasteiger partial charge in [0, 0.05) is 11.3 Å². The second-order valence-corrected chi connectivity index (χ2v) is 2.01. The molecule has 3 nitrogen and oxygen atoms in total. The Bertz CT molecular complexity index is 213. The fraction of sp³-hybridized carbons (Fsp3) is 0.143. The lowest BCUT2D eigenvalue weighted by molar-refractivity contribution is 0.124. The molecule has 0 heterocycles. The zero-order valence-corrected chi connectivity index (χ0v) is 5.58. The van der Waals surface area contributed by atoms with Crippen LogP contribution in [0.2, 0.25) is 0 Å². The van der Waals surface area contributed by atoms with Crippen LogP contribution in [0, 0.1) is 0 Å². The van der Waals surface area contributed by atoms with Crippen LogP contribution >= 0.6 is 0 Å². The number of nitrogen functional groups attached to an aromatic ring is 1. The zero-order valence-electron chi connectivity index (χ0n) is 5.58. The van der Waals surface area contributed by atoms with E-state index in [0.717, 1.165) is 5.56 Å². The Morgan fingerprint density at radius 2 is 2.00 bits per heavy atom. The monoisotopic (exact) mass is 138 g/mol. The highest BCUT2D eigenvalue weighted by molar-refractivity contribution is 5.45. The van der Waals surface area contributed by atoms with Crippen LogP contribution in [-0.4, -0.2) is 0 Å². The number of nitrogens with two attached hydrogens (primary N) is 2. The average molecular weight is 138 g/mol. The van der Waals surface area contributed by atoms with Crippen molar-refractivity contribution >= 4 is 5.69 Å². The van der Waals surface area contributed by atoms with Crippen molar-refractivity contribution in [3.63, 3.8) is 0 Å². The van der Waals surface area contributed by atoms with Gasteiger partial charge in [-0.15, -0.1) is 0 Å². The number of hydrogen-bond acceptors (Lipinski definition) is 3. The molecular weight excluding hydrogens is 128 g/mol. The first kappa shape index (κ1) is 7.05. The van der Waals surface area contributed by atoms with E-state index in [0.29, 0.717) is 12.3 Å². The maximum atomic E-state index is 5.57. The molecule has 0 saturated heterocycles. The second kappa shape index (κ2) is 3.20. The van der Waals surface area contributed by atoms with Crippen molar-refractivity contribution in [3.05, 3.63) is 29.8 Å². The summed E-state index contributed by atoms with van der Waals surface area (Å²) in [6.45, 7) is 0.368. The minimum Gasteiger partial charge on any atom is -0.398 e. The third-order valence-corrected chi connectivity index (χ3v) is 1.29. The Hall–Kier alpha value is -1.06. The molecule has 0 aliphatic carbocycles. The molecule has 10 heavy (non-hydrogen) atoms. The lowest BCUT2D eigenvalue weighted by Crippen LogP contribution is -2.01. The molecule has 0 fully saturated rings. The Morgan fingerprint density at radius 1 is 1.30 bits per heavy atom. The van der Waals surface area contributed by atoms with Gasteiger partial charge in [0.15, 0.2) is 0 Å². The van der Waals surface area contributed by atoms with E-state index >= 15 is 0 Å². The number of para-hydroxylation sites is 1. The van der Waals surface area contributed by atoms with Crippen LogP contribution in [0.5, 0.6) is 0 Å². The summed E-state index contributed by atoms with van der Waals surface area (Å²) in [7, 11) is 0. The van der Waals surface area contributed by atoms with Crippen LogP contribution < -0.4 is 11.6 Å². The first-order valence-electron chi connectivity index (χ1n) is 2.99. The maximum absolute atomic E-state index is 5.57. The third kappa shape index (κ3) is 1.46. The van der Waals surface area contributed by atoms with E-state index in [-0.39, 0.29) is 0 Å². The minimum absolute atomic E-state index is 0.368. The summed E-state index contributed by atoms with van der Waals surface area (Å²) in [5.41, 5.74) is 7.21. The van der Waals surface area contributed by atoms with Gasteiger partial charge in [0.1, 0.15) is 0 Å². The van der Waals surface area contributed by atoms with Gasteiger partial charge < -0.3 is 5.73 Å². The number of anilines is 1. The first-order chi connectivity index (χ1) is 4.84. The van der Waals surface area contributed by atoms with Gasteiger partial charge in [-0.1, -0.05) is 18.2 Å². The van der Waals surface area contributed by atoms with E-state index in [4.69, 9.17) is 11.6 Å². The molecule has 0 aliphatic rings. The molecule has 0 aromatic heterocycles. The highest BCUT2D eigenvalue weighted by Gasteiger charge is 1.94. The molecule has 1 aromatic rings. The van der Waals surface area contributed by atoms with E-state index in [1.165, 1.54) is 0 Å². The molecule has 0 aliphatic heterocycles. The van der Waals surface area contributed by atoms with Crippen molar-refractivity contribution in [2.24, 2.45) is 5.90 Å². The first-order valence-corrected chi connectivity index (χ1v) is 2.99. The molecule has 0 unspecified atom stereocenters. The van der Waals surface area contributed by atoms with Gasteiger partial charge in [-0.2, -0.15) is 0 Å². The standard InChI is InChI=1S/C7H10N2O/c8-7-4-2-1-3-6(7)5-10-9/h1-4H,5,8-9H2. The van der Waals surface area contributed by atoms with Crippen LogP contribution in [0.15, 0.2) is 24.3 Å². The predicted octanol–water partition coefficient (Wildman–Crippen LogP) is 0.659. The number of benzene rings is 1. The third-order valence-electron chi connectivity index (χ3n) is 1.29. The highest BCUT2D eigenvalue weighted by Crippen LogP contribution is 2.09. The van der Waals surface area contributed by atoms with E-state index in [9.17, 15) is 0 Å². The Kier molecular flexibility index (Phi) is 2.25. The summed E-state index contributed by atoms with van der Waals surface area (Å²) in [5.74, 6) is 4.87. The Labute approximate surface area is 59.5 Å². The van der Waals surface area contributed by atoms with Gasteiger partial charge in [-0.25, -0.2) is 5.90 Å². The van der Waals surface area contributed by atoms with Crippen molar-refractivity contribution < 1.29 is 4.84 Å². The van der Waals surface area contributed by atoms with Crippen LogP contribution in [0.1, 0.15) is 5.56 Å². The van der Waals surface area contributed by atoms with Gasteiger partial charge in [0.05, 0.1) is 6.61 Å². The van der Waals surface area contributed by atoms with Gasteiger partial charge in [-0.3, -0.25) is 4.84 Å². The predicted molar refractivity (Wildman–Crippen MR) is 39.8 cm³/mol. The molecule has 0 amide bonds. The summed E-state index contributed by atoms with van der Waals surface area (Å²) < 4.78 is 0. The molecule has 0 radical (unpaired) electrons. The van der Waals surface area contributed by atoms with Crippen LogP contribution in [0.4, 0.5) is 5.69 Å². The normalized spacial score (nSPS) is 9.70. The highest BCUT2D eigenvalue weighted by atomic mass is 16.6. The van der Waals surface area contributed by atoms with Crippen LogP contribution in [0.25, 0.3) is 0 Å². The van der Waals surface area contributed by atoms with Crippen molar-refractivity contribution in [3.8, 4) is 0 Å². The topological polar surface area (TPSA) is 61.3 Å². The summed E-state index contributed by atoms with van der Waals surface area (Å²) in [4.78, 5) is 4.43. The van der Waals surface area contributed by atoms with Gasteiger partial charge in [-0.05, 0) is 6.07 Å². The van der Waals surface area contributed by atoms with E-state index < -0.39 is 0 Å².